The largest absolute Gasteiger partial charge is 0.465 e. The zero-order chi connectivity index (χ0) is 12.6. The maximum absolute atomic E-state index is 11.4. The Morgan fingerprint density at radius 2 is 1.81 bits per heavy atom. The van der Waals surface area contributed by atoms with Crippen LogP contribution >= 0.6 is 0 Å². The first-order valence-electron chi connectivity index (χ1n) is 5.50. The Morgan fingerprint density at radius 1 is 1.25 bits per heavy atom. The molecule has 0 atom stereocenters. The van der Waals surface area contributed by atoms with Gasteiger partial charge in [0, 0.05) is 20.3 Å². The number of carbonyl (C=O) groups excluding carboxylic acids is 1. The molecule has 0 aromatic carbocycles. The molecule has 0 amide bonds. The highest BCUT2D eigenvalue weighted by atomic mass is 16.7. The van der Waals surface area contributed by atoms with Crippen LogP contribution in [0.1, 0.15) is 20.8 Å². The number of methoxy groups -OCH3 is 2. The standard InChI is InChI=1S/C11H23NO4/c1-6-16-10(13)7-12(9(2)3)8-11(14-4)15-5/h9,11H,6-8H2,1-5H3. The molecule has 0 saturated heterocycles. The average Bonchev–Trinajstić information content (AvgIpc) is 2.24. The van der Waals surface area contributed by atoms with Crippen molar-refractivity contribution in [2.75, 3.05) is 33.9 Å². The Hall–Kier alpha value is -0.650. The van der Waals surface area contributed by atoms with Crippen molar-refractivity contribution in [3.05, 3.63) is 0 Å². The molecule has 16 heavy (non-hydrogen) atoms. The molecule has 0 aliphatic heterocycles. The van der Waals surface area contributed by atoms with Crippen molar-refractivity contribution in [2.24, 2.45) is 0 Å². The van der Waals surface area contributed by atoms with Gasteiger partial charge in [-0.3, -0.25) is 9.69 Å². The van der Waals surface area contributed by atoms with Gasteiger partial charge in [-0.25, -0.2) is 0 Å². The minimum Gasteiger partial charge on any atom is -0.465 e. The third kappa shape index (κ3) is 6.05. The quantitative estimate of drug-likeness (QED) is 0.460. The van der Waals surface area contributed by atoms with Gasteiger partial charge in [0.05, 0.1) is 19.7 Å². The van der Waals surface area contributed by atoms with E-state index in [1.165, 1.54) is 0 Å². The van der Waals surface area contributed by atoms with Crippen molar-refractivity contribution < 1.29 is 19.0 Å². The summed E-state index contributed by atoms with van der Waals surface area (Å²) in [7, 11) is 3.16. The number of rotatable bonds is 8. The summed E-state index contributed by atoms with van der Waals surface area (Å²) in [5.74, 6) is -0.220. The van der Waals surface area contributed by atoms with Gasteiger partial charge in [0.1, 0.15) is 0 Å². The Bertz CT molecular complexity index is 192. The van der Waals surface area contributed by atoms with Gasteiger partial charge in [0.15, 0.2) is 6.29 Å². The van der Waals surface area contributed by atoms with Crippen LogP contribution in [0.4, 0.5) is 0 Å². The monoisotopic (exact) mass is 233 g/mol. The van der Waals surface area contributed by atoms with E-state index in [4.69, 9.17) is 14.2 Å². The van der Waals surface area contributed by atoms with Gasteiger partial charge in [-0.05, 0) is 20.8 Å². The van der Waals surface area contributed by atoms with Crippen LogP contribution in [0, 0.1) is 0 Å². The molecule has 96 valence electrons. The van der Waals surface area contributed by atoms with Crippen LogP contribution < -0.4 is 0 Å². The zero-order valence-electron chi connectivity index (χ0n) is 10.9. The molecule has 0 rings (SSSR count). The SMILES string of the molecule is CCOC(=O)CN(CC(OC)OC)C(C)C. The Kier molecular flexibility index (Phi) is 8.15. The van der Waals surface area contributed by atoms with Crippen molar-refractivity contribution in [2.45, 2.75) is 33.1 Å². The van der Waals surface area contributed by atoms with Crippen molar-refractivity contribution in [1.82, 2.24) is 4.90 Å². The molecule has 0 aromatic heterocycles. The van der Waals surface area contributed by atoms with Crippen LogP contribution in [0.15, 0.2) is 0 Å². The number of carbonyl (C=O) groups is 1. The van der Waals surface area contributed by atoms with E-state index in [1.54, 1.807) is 21.1 Å². The second kappa shape index (κ2) is 8.50. The maximum atomic E-state index is 11.4. The highest BCUT2D eigenvalue weighted by Crippen LogP contribution is 2.03. The number of hydrogen-bond acceptors (Lipinski definition) is 5. The summed E-state index contributed by atoms with van der Waals surface area (Å²) < 4.78 is 15.1. The second-order valence-electron chi connectivity index (χ2n) is 3.73. The lowest BCUT2D eigenvalue weighted by atomic mass is 10.3. The highest BCUT2D eigenvalue weighted by Gasteiger charge is 2.19. The fraction of sp³-hybridized carbons (Fsp3) is 0.909. The molecule has 0 aliphatic rings. The number of hydrogen-bond donors (Lipinski definition) is 0. The summed E-state index contributed by atoms with van der Waals surface area (Å²) in [6.07, 6.45) is -0.322. The first-order chi connectivity index (χ1) is 7.54. The Morgan fingerprint density at radius 3 is 2.19 bits per heavy atom. The molecule has 0 saturated carbocycles. The molecule has 0 N–H and O–H groups in total. The molecule has 0 unspecified atom stereocenters. The molecule has 0 bridgehead atoms. The first kappa shape index (κ1) is 15.3. The topological polar surface area (TPSA) is 48.0 Å². The smallest absolute Gasteiger partial charge is 0.320 e. The van der Waals surface area contributed by atoms with E-state index in [9.17, 15) is 4.79 Å². The molecule has 0 spiro atoms. The average molecular weight is 233 g/mol. The van der Waals surface area contributed by atoms with Crippen molar-refractivity contribution >= 4 is 5.97 Å². The van der Waals surface area contributed by atoms with Gasteiger partial charge in [-0.1, -0.05) is 0 Å². The fourth-order valence-electron chi connectivity index (χ4n) is 1.27. The third-order valence-electron chi connectivity index (χ3n) is 2.28. The van der Waals surface area contributed by atoms with Crippen LogP contribution in [0.3, 0.4) is 0 Å². The third-order valence-corrected chi connectivity index (χ3v) is 2.28. The van der Waals surface area contributed by atoms with Crippen LogP contribution in [-0.4, -0.2) is 57.1 Å². The molecule has 0 radical (unpaired) electrons. The van der Waals surface area contributed by atoms with Crippen LogP contribution in [0.2, 0.25) is 0 Å². The molecule has 0 aliphatic carbocycles. The predicted octanol–water partition coefficient (Wildman–Crippen LogP) is 0.879. The highest BCUT2D eigenvalue weighted by molar-refractivity contribution is 5.71. The number of esters is 1. The summed E-state index contributed by atoms with van der Waals surface area (Å²) in [4.78, 5) is 13.3. The molecule has 0 fully saturated rings. The van der Waals surface area contributed by atoms with Crippen molar-refractivity contribution in [3.63, 3.8) is 0 Å². The molecule has 5 nitrogen and oxygen atoms in total. The van der Waals surface area contributed by atoms with Gasteiger partial charge in [0.25, 0.3) is 0 Å². The Labute approximate surface area is 97.7 Å². The van der Waals surface area contributed by atoms with Gasteiger partial charge in [-0.2, -0.15) is 0 Å². The van der Waals surface area contributed by atoms with Gasteiger partial charge < -0.3 is 14.2 Å². The van der Waals surface area contributed by atoms with Gasteiger partial charge >= 0.3 is 5.97 Å². The van der Waals surface area contributed by atoms with E-state index in [0.717, 1.165) is 0 Å². The lowest BCUT2D eigenvalue weighted by Crippen LogP contribution is -2.42. The number of ether oxygens (including phenoxy) is 3. The van der Waals surface area contributed by atoms with Crippen molar-refractivity contribution in [3.8, 4) is 0 Å². The minimum atomic E-state index is -0.322. The van der Waals surface area contributed by atoms with Crippen LogP contribution in [0.25, 0.3) is 0 Å². The van der Waals surface area contributed by atoms with E-state index in [1.807, 2.05) is 18.7 Å². The normalized spacial score (nSPS) is 11.5. The molecule has 5 heteroatoms. The fourth-order valence-corrected chi connectivity index (χ4v) is 1.27. The minimum absolute atomic E-state index is 0.220. The molecule has 0 heterocycles. The lowest BCUT2D eigenvalue weighted by molar-refractivity contribution is -0.149. The van der Waals surface area contributed by atoms with E-state index in [-0.39, 0.29) is 24.8 Å². The predicted molar refractivity (Wildman–Crippen MR) is 61.1 cm³/mol. The molecular formula is C11H23NO4. The molecular weight excluding hydrogens is 210 g/mol. The number of nitrogens with zero attached hydrogens (tertiary/aromatic N) is 1. The van der Waals surface area contributed by atoms with E-state index in [0.29, 0.717) is 13.2 Å². The summed E-state index contributed by atoms with van der Waals surface area (Å²) in [6, 6.07) is 0.234. The first-order valence-corrected chi connectivity index (χ1v) is 5.50. The summed E-state index contributed by atoms with van der Waals surface area (Å²) >= 11 is 0. The second-order valence-corrected chi connectivity index (χ2v) is 3.73. The van der Waals surface area contributed by atoms with E-state index < -0.39 is 0 Å². The van der Waals surface area contributed by atoms with Gasteiger partial charge in [0.2, 0.25) is 0 Å². The summed E-state index contributed by atoms with van der Waals surface area (Å²) in [5, 5.41) is 0. The lowest BCUT2D eigenvalue weighted by Gasteiger charge is -2.28. The van der Waals surface area contributed by atoms with E-state index >= 15 is 0 Å². The maximum Gasteiger partial charge on any atom is 0.320 e. The van der Waals surface area contributed by atoms with Crippen molar-refractivity contribution in [1.29, 1.82) is 0 Å². The summed E-state index contributed by atoms with van der Waals surface area (Å²) in [5.41, 5.74) is 0. The summed E-state index contributed by atoms with van der Waals surface area (Å²) in [6.45, 7) is 7.04. The van der Waals surface area contributed by atoms with Gasteiger partial charge in [-0.15, -0.1) is 0 Å². The van der Waals surface area contributed by atoms with Crippen LogP contribution in [-0.2, 0) is 19.0 Å². The van der Waals surface area contributed by atoms with Crippen LogP contribution in [0.5, 0.6) is 0 Å². The zero-order valence-corrected chi connectivity index (χ0v) is 10.9. The van der Waals surface area contributed by atoms with E-state index in [2.05, 4.69) is 0 Å². The molecule has 0 aromatic rings. The Balaban J connectivity index is 4.21.